The lowest BCUT2D eigenvalue weighted by Crippen LogP contribution is -2.49. The van der Waals surface area contributed by atoms with Crippen LogP contribution in [0.3, 0.4) is 0 Å². The molecule has 0 aliphatic carbocycles. The van der Waals surface area contributed by atoms with E-state index in [-0.39, 0.29) is 11.9 Å². The van der Waals surface area contributed by atoms with Crippen LogP contribution in [0.5, 0.6) is 0 Å². The van der Waals surface area contributed by atoms with Gasteiger partial charge in [-0.1, -0.05) is 30.3 Å². The van der Waals surface area contributed by atoms with Gasteiger partial charge in [0.25, 0.3) is 0 Å². The third kappa shape index (κ3) is 4.28. The maximum Gasteiger partial charge on any atom is 0.236 e. The summed E-state index contributed by atoms with van der Waals surface area (Å²) >= 11 is 0. The molecule has 5 heteroatoms. The Bertz CT molecular complexity index is 491. The van der Waals surface area contributed by atoms with Gasteiger partial charge < -0.3 is 10.2 Å². The molecule has 0 spiro atoms. The summed E-state index contributed by atoms with van der Waals surface area (Å²) in [5, 5.41) is 12.3. The number of nitriles is 1. The predicted molar refractivity (Wildman–Crippen MR) is 81.5 cm³/mol. The Morgan fingerprint density at radius 3 is 2.67 bits per heavy atom. The fourth-order valence-corrected chi connectivity index (χ4v) is 2.63. The summed E-state index contributed by atoms with van der Waals surface area (Å²) in [6.07, 6.45) is 0.384. The molecule has 1 unspecified atom stereocenters. The van der Waals surface area contributed by atoms with Crippen LogP contribution in [0.4, 0.5) is 0 Å². The van der Waals surface area contributed by atoms with E-state index in [1.165, 1.54) is 0 Å². The summed E-state index contributed by atoms with van der Waals surface area (Å²) in [6, 6.07) is 12.1. The van der Waals surface area contributed by atoms with E-state index in [1.807, 2.05) is 47.2 Å². The van der Waals surface area contributed by atoms with Crippen molar-refractivity contribution in [3.63, 3.8) is 0 Å². The molecule has 21 heavy (non-hydrogen) atoms. The number of piperazine rings is 1. The first-order valence-electron chi connectivity index (χ1n) is 7.33. The molecule has 0 bridgehead atoms. The molecule has 1 aromatic rings. The van der Waals surface area contributed by atoms with Crippen molar-refractivity contribution in [3.05, 3.63) is 35.9 Å². The largest absolute Gasteiger partial charge is 0.339 e. The van der Waals surface area contributed by atoms with Gasteiger partial charge in [0.1, 0.15) is 0 Å². The molecule has 112 valence electrons. The van der Waals surface area contributed by atoms with Crippen LogP contribution in [0.25, 0.3) is 0 Å². The highest BCUT2D eigenvalue weighted by atomic mass is 16.2. The summed E-state index contributed by atoms with van der Waals surface area (Å²) < 4.78 is 0. The van der Waals surface area contributed by atoms with Crippen molar-refractivity contribution in [2.24, 2.45) is 0 Å². The van der Waals surface area contributed by atoms with Gasteiger partial charge in [-0.3, -0.25) is 9.69 Å². The van der Waals surface area contributed by atoms with Crippen molar-refractivity contribution in [3.8, 4) is 6.07 Å². The number of nitrogens with zero attached hydrogens (tertiary/aromatic N) is 3. The lowest BCUT2D eigenvalue weighted by molar-refractivity contribution is -0.133. The van der Waals surface area contributed by atoms with E-state index in [0.29, 0.717) is 13.0 Å². The topological polar surface area (TPSA) is 59.4 Å². The minimum absolute atomic E-state index is 0.0388. The van der Waals surface area contributed by atoms with Gasteiger partial charge in [-0.15, -0.1) is 0 Å². The van der Waals surface area contributed by atoms with Crippen molar-refractivity contribution in [2.75, 3.05) is 39.8 Å². The highest BCUT2D eigenvalue weighted by Gasteiger charge is 2.22. The lowest BCUT2D eigenvalue weighted by atomic mass is 10.0. The molecule has 5 nitrogen and oxygen atoms in total. The van der Waals surface area contributed by atoms with Crippen molar-refractivity contribution in [1.82, 2.24) is 15.1 Å². The third-order valence-corrected chi connectivity index (χ3v) is 3.86. The van der Waals surface area contributed by atoms with Crippen LogP contribution in [0.1, 0.15) is 18.0 Å². The van der Waals surface area contributed by atoms with Crippen LogP contribution in [0.15, 0.2) is 30.3 Å². The number of benzene rings is 1. The van der Waals surface area contributed by atoms with Gasteiger partial charge in [-0.2, -0.15) is 5.26 Å². The number of amides is 1. The van der Waals surface area contributed by atoms with Gasteiger partial charge in [-0.05, 0) is 12.6 Å². The summed E-state index contributed by atoms with van der Waals surface area (Å²) in [4.78, 5) is 16.2. The molecule has 1 amide bonds. The number of hydrogen-bond donors (Lipinski definition) is 1. The molecule has 1 atom stereocenters. The van der Waals surface area contributed by atoms with Crippen LogP contribution < -0.4 is 5.32 Å². The second-order valence-corrected chi connectivity index (χ2v) is 5.33. The van der Waals surface area contributed by atoms with Gasteiger partial charge in [-0.25, -0.2) is 0 Å². The zero-order chi connectivity index (χ0) is 15.1. The quantitative estimate of drug-likeness (QED) is 0.877. The number of nitrogens with one attached hydrogen (secondary N) is 1. The minimum Gasteiger partial charge on any atom is -0.339 e. The normalized spacial score (nSPS) is 16.5. The fourth-order valence-electron chi connectivity index (χ4n) is 2.63. The number of rotatable bonds is 5. The molecule has 1 saturated heterocycles. The van der Waals surface area contributed by atoms with Gasteiger partial charge in [0.05, 0.1) is 19.0 Å². The monoisotopic (exact) mass is 286 g/mol. The first-order chi connectivity index (χ1) is 10.2. The summed E-state index contributed by atoms with van der Waals surface area (Å²) in [6.45, 7) is 3.59. The standard InChI is InChI=1S/C16H22N4O/c1-19(13-16(21)20-11-9-18-10-12-20)15(7-8-17)14-5-3-2-4-6-14/h2-6,15,18H,7,9-13H2,1H3. The number of hydrogen-bond acceptors (Lipinski definition) is 4. The van der Waals surface area contributed by atoms with Crippen LogP contribution >= 0.6 is 0 Å². The SMILES string of the molecule is CN(CC(=O)N1CCNCC1)C(CC#N)c1ccccc1. The van der Waals surface area contributed by atoms with Gasteiger partial charge in [0, 0.05) is 32.2 Å². The molecule has 1 aromatic carbocycles. The molecule has 1 heterocycles. The Morgan fingerprint density at radius 2 is 2.05 bits per heavy atom. The summed E-state index contributed by atoms with van der Waals surface area (Å²) in [7, 11) is 1.91. The third-order valence-electron chi connectivity index (χ3n) is 3.86. The van der Waals surface area contributed by atoms with E-state index in [2.05, 4.69) is 11.4 Å². The fraction of sp³-hybridized carbons (Fsp3) is 0.500. The summed E-state index contributed by atoms with van der Waals surface area (Å²) in [5.74, 6) is 0.137. The zero-order valence-corrected chi connectivity index (χ0v) is 12.5. The number of carbonyl (C=O) groups excluding carboxylic acids is 1. The van der Waals surface area contributed by atoms with Gasteiger partial charge >= 0.3 is 0 Å². The van der Waals surface area contributed by atoms with Crippen molar-refractivity contribution >= 4 is 5.91 Å². The molecule has 1 aliphatic heterocycles. The molecule has 0 aromatic heterocycles. The molecular weight excluding hydrogens is 264 g/mol. The first kappa shape index (κ1) is 15.5. The zero-order valence-electron chi connectivity index (χ0n) is 12.5. The minimum atomic E-state index is -0.0388. The smallest absolute Gasteiger partial charge is 0.236 e. The highest BCUT2D eigenvalue weighted by Crippen LogP contribution is 2.22. The lowest BCUT2D eigenvalue weighted by Gasteiger charge is -2.31. The maximum absolute atomic E-state index is 12.3. The predicted octanol–water partition coefficient (Wildman–Crippen LogP) is 1.00. The van der Waals surface area contributed by atoms with Crippen LogP contribution in [0, 0.1) is 11.3 Å². The second-order valence-electron chi connectivity index (χ2n) is 5.33. The number of likely N-dealkylation sites (N-methyl/N-ethyl adjacent to an activating group) is 1. The van der Waals surface area contributed by atoms with Crippen molar-refractivity contribution < 1.29 is 4.79 Å². The van der Waals surface area contributed by atoms with E-state index in [0.717, 1.165) is 31.7 Å². The second kappa shape index (κ2) is 7.77. The highest BCUT2D eigenvalue weighted by molar-refractivity contribution is 5.78. The Morgan fingerprint density at radius 1 is 1.38 bits per heavy atom. The Labute approximate surface area is 126 Å². The molecule has 1 aliphatic rings. The number of carbonyl (C=O) groups is 1. The van der Waals surface area contributed by atoms with Crippen LogP contribution in [-0.4, -0.2) is 55.5 Å². The van der Waals surface area contributed by atoms with Crippen molar-refractivity contribution in [1.29, 1.82) is 5.26 Å². The van der Waals surface area contributed by atoms with Crippen molar-refractivity contribution in [2.45, 2.75) is 12.5 Å². The van der Waals surface area contributed by atoms with Gasteiger partial charge in [0.2, 0.25) is 5.91 Å². The maximum atomic E-state index is 12.3. The molecule has 1 fully saturated rings. The van der Waals surface area contributed by atoms with E-state index < -0.39 is 0 Å². The first-order valence-corrected chi connectivity index (χ1v) is 7.33. The van der Waals surface area contributed by atoms with E-state index >= 15 is 0 Å². The van der Waals surface area contributed by atoms with E-state index in [9.17, 15) is 4.79 Å². The van der Waals surface area contributed by atoms with Crippen LogP contribution in [-0.2, 0) is 4.79 Å². The Kier molecular flexibility index (Phi) is 5.73. The molecule has 1 N–H and O–H groups in total. The molecule has 2 rings (SSSR count). The molecule has 0 saturated carbocycles. The van der Waals surface area contributed by atoms with Crippen LogP contribution in [0.2, 0.25) is 0 Å². The summed E-state index contributed by atoms with van der Waals surface area (Å²) in [5.41, 5.74) is 1.08. The van der Waals surface area contributed by atoms with Gasteiger partial charge in [0.15, 0.2) is 0 Å². The average Bonchev–Trinajstić information content (AvgIpc) is 2.54. The Balaban J connectivity index is 2.00. The molecular formula is C16H22N4O. The molecule has 0 radical (unpaired) electrons. The van der Waals surface area contributed by atoms with E-state index in [1.54, 1.807) is 0 Å². The Hall–Kier alpha value is -1.90. The van der Waals surface area contributed by atoms with E-state index in [4.69, 9.17) is 5.26 Å². The average molecular weight is 286 g/mol.